The predicted molar refractivity (Wildman–Crippen MR) is 58.6 cm³/mol. The van der Waals surface area contributed by atoms with E-state index in [-0.39, 0.29) is 0 Å². The Labute approximate surface area is 91.5 Å². The normalized spacial score (nSPS) is 30.9. The van der Waals surface area contributed by atoms with Crippen LogP contribution in [0.5, 0.6) is 0 Å². The van der Waals surface area contributed by atoms with Crippen LogP contribution in [0, 0.1) is 11.8 Å². The molecule has 1 rings (SSSR count). The maximum absolute atomic E-state index is 10.8. The molecule has 0 aromatic rings. The van der Waals surface area contributed by atoms with E-state index in [0.717, 1.165) is 18.8 Å². The van der Waals surface area contributed by atoms with Gasteiger partial charge in [0.05, 0.1) is 0 Å². The Kier molecular flexibility index (Phi) is 4.14. The van der Waals surface area contributed by atoms with Crippen molar-refractivity contribution in [3.05, 3.63) is 0 Å². The number of carbonyl (C=O) groups is 1. The summed E-state index contributed by atoms with van der Waals surface area (Å²) in [5.74, 6) is 0.107. The molecule has 1 atom stereocenters. The number of carboxylic acids is 1. The molecule has 88 valence electrons. The van der Waals surface area contributed by atoms with Crippen molar-refractivity contribution in [3.8, 4) is 0 Å². The van der Waals surface area contributed by atoms with Crippen LogP contribution in [0.25, 0.3) is 0 Å². The van der Waals surface area contributed by atoms with Crippen LogP contribution in [-0.2, 0) is 4.79 Å². The van der Waals surface area contributed by atoms with E-state index < -0.39 is 11.6 Å². The predicted octanol–water partition coefficient (Wildman–Crippen LogP) is 2.43. The number of rotatable bonds is 4. The van der Waals surface area contributed by atoms with Crippen LogP contribution in [0.1, 0.15) is 52.4 Å². The van der Waals surface area contributed by atoms with Crippen molar-refractivity contribution in [1.29, 1.82) is 0 Å². The van der Waals surface area contributed by atoms with Crippen LogP contribution >= 0.6 is 0 Å². The lowest BCUT2D eigenvalue weighted by molar-refractivity contribution is -0.158. The zero-order valence-electron chi connectivity index (χ0n) is 9.70. The third-order valence-electron chi connectivity index (χ3n) is 3.69. The Morgan fingerprint density at radius 3 is 2.13 bits per heavy atom. The van der Waals surface area contributed by atoms with E-state index >= 15 is 0 Å². The Bertz CT molecular complexity index is 215. The molecule has 0 aliphatic heterocycles. The monoisotopic (exact) mass is 214 g/mol. The number of aliphatic hydroxyl groups is 1. The van der Waals surface area contributed by atoms with Gasteiger partial charge in [-0.1, -0.05) is 39.0 Å². The van der Waals surface area contributed by atoms with Gasteiger partial charge in [0.1, 0.15) is 0 Å². The smallest absolute Gasteiger partial charge is 0.335 e. The van der Waals surface area contributed by atoms with Gasteiger partial charge in [-0.2, -0.15) is 0 Å². The summed E-state index contributed by atoms with van der Waals surface area (Å²) < 4.78 is 0. The highest BCUT2D eigenvalue weighted by Crippen LogP contribution is 2.34. The highest BCUT2D eigenvalue weighted by Gasteiger charge is 2.34. The topological polar surface area (TPSA) is 57.5 Å². The van der Waals surface area contributed by atoms with Crippen LogP contribution in [0.15, 0.2) is 0 Å². The molecular weight excluding hydrogens is 192 g/mol. The van der Waals surface area contributed by atoms with E-state index in [2.05, 4.69) is 6.92 Å². The van der Waals surface area contributed by atoms with Crippen molar-refractivity contribution < 1.29 is 15.0 Å². The third-order valence-corrected chi connectivity index (χ3v) is 3.69. The fraction of sp³-hybridized carbons (Fsp3) is 0.917. The second kappa shape index (κ2) is 4.97. The molecule has 0 aromatic carbocycles. The second-order valence-electron chi connectivity index (χ2n) is 5.08. The molecule has 0 amide bonds. The first-order valence-electron chi connectivity index (χ1n) is 5.91. The van der Waals surface area contributed by atoms with Crippen molar-refractivity contribution in [3.63, 3.8) is 0 Å². The van der Waals surface area contributed by atoms with Crippen LogP contribution in [0.2, 0.25) is 0 Å². The summed E-state index contributed by atoms with van der Waals surface area (Å²) in [5, 5.41) is 18.5. The number of hydrogen-bond donors (Lipinski definition) is 2. The summed E-state index contributed by atoms with van der Waals surface area (Å²) >= 11 is 0. The Morgan fingerprint density at radius 1 is 1.27 bits per heavy atom. The van der Waals surface area contributed by atoms with Crippen molar-refractivity contribution in [2.45, 2.75) is 58.0 Å². The maximum Gasteiger partial charge on any atom is 0.335 e. The Hall–Kier alpha value is -0.570. The van der Waals surface area contributed by atoms with E-state index in [1.807, 2.05) is 0 Å². The fourth-order valence-corrected chi connectivity index (χ4v) is 2.49. The lowest BCUT2D eigenvalue weighted by Gasteiger charge is -2.31. The first kappa shape index (κ1) is 12.5. The van der Waals surface area contributed by atoms with Gasteiger partial charge < -0.3 is 10.2 Å². The van der Waals surface area contributed by atoms with Gasteiger partial charge in [0.25, 0.3) is 0 Å². The quantitative estimate of drug-likeness (QED) is 0.755. The van der Waals surface area contributed by atoms with E-state index in [1.165, 1.54) is 26.2 Å². The standard InChI is InChI=1S/C12H22O3/c1-3-9-4-6-10(7-5-9)8-12(2,15)11(13)14/h9-10,15H,3-8H2,1-2H3,(H,13,14). The third kappa shape index (κ3) is 3.49. The molecule has 3 nitrogen and oxygen atoms in total. The lowest BCUT2D eigenvalue weighted by Crippen LogP contribution is -2.37. The average Bonchev–Trinajstić information content (AvgIpc) is 2.18. The van der Waals surface area contributed by atoms with Crippen LogP contribution in [0.4, 0.5) is 0 Å². The summed E-state index contributed by atoms with van der Waals surface area (Å²) in [6.45, 7) is 3.61. The number of carboxylic acid groups (broad SMARTS) is 1. The van der Waals surface area contributed by atoms with Gasteiger partial charge in [0, 0.05) is 0 Å². The van der Waals surface area contributed by atoms with Gasteiger partial charge in [0.2, 0.25) is 0 Å². The summed E-state index contributed by atoms with van der Waals surface area (Å²) in [5.41, 5.74) is -1.54. The molecule has 1 fully saturated rings. The van der Waals surface area contributed by atoms with Crippen molar-refractivity contribution >= 4 is 5.97 Å². The SMILES string of the molecule is CCC1CCC(CC(C)(O)C(=O)O)CC1. The molecule has 3 heteroatoms. The first-order chi connectivity index (χ1) is 6.95. The number of hydrogen-bond acceptors (Lipinski definition) is 2. The molecule has 1 saturated carbocycles. The van der Waals surface area contributed by atoms with E-state index in [9.17, 15) is 9.90 Å². The molecule has 1 unspecified atom stereocenters. The van der Waals surface area contributed by atoms with Gasteiger partial charge in [-0.25, -0.2) is 4.79 Å². The second-order valence-corrected chi connectivity index (χ2v) is 5.08. The fourth-order valence-electron chi connectivity index (χ4n) is 2.49. The molecule has 15 heavy (non-hydrogen) atoms. The molecule has 0 spiro atoms. The van der Waals surface area contributed by atoms with Crippen molar-refractivity contribution in [1.82, 2.24) is 0 Å². The molecule has 1 aliphatic rings. The van der Waals surface area contributed by atoms with Gasteiger partial charge in [-0.15, -0.1) is 0 Å². The van der Waals surface area contributed by atoms with Crippen molar-refractivity contribution in [2.75, 3.05) is 0 Å². The Morgan fingerprint density at radius 2 is 1.73 bits per heavy atom. The van der Waals surface area contributed by atoms with Gasteiger partial charge in [0.15, 0.2) is 5.60 Å². The average molecular weight is 214 g/mol. The van der Waals surface area contributed by atoms with E-state index in [4.69, 9.17) is 5.11 Å². The summed E-state index contributed by atoms with van der Waals surface area (Å²) in [4.78, 5) is 10.8. The van der Waals surface area contributed by atoms with Crippen LogP contribution in [0.3, 0.4) is 0 Å². The molecule has 1 aliphatic carbocycles. The summed E-state index contributed by atoms with van der Waals surface area (Å²) in [7, 11) is 0. The highest BCUT2D eigenvalue weighted by molar-refractivity contribution is 5.76. The largest absolute Gasteiger partial charge is 0.479 e. The van der Waals surface area contributed by atoms with Crippen LogP contribution in [-0.4, -0.2) is 21.8 Å². The van der Waals surface area contributed by atoms with Gasteiger partial charge in [-0.05, 0) is 25.2 Å². The zero-order chi connectivity index (χ0) is 11.5. The van der Waals surface area contributed by atoms with Crippen LogP contribution < -0.4 is 0 Å². The van der Waals surface area contributed by atoms with Gasteiger partial charge in [-0.3, -0.25) is 0 Å². The molecule has 0 bridgehead atoms. The molecule has 0 radical (unpaired) electrons. The molecular formula is C12H22O3. The Balaban J connectivity index is 2.38. The summed E-state index contributed by atoms with van der Waals surface area (Å²) in [6, 6.07) is 0. The number of aliphatic carboxylic acids is 1. The van der Waals surface area contributed by atoms with Crippen molar-refractivity contribution in [2.24, 2.45) is 11.8 Å². The van der Waals surface area contributed by atoms with Gasteiger partial charge >= 0.3 is 5.97 Å². The maximum atomic E-state index is 10.8. The minimum Gasteiger partial charge on any atom is -0.479 e. The molecule has 0 saturated heterocycles. The minimum absolute atomic E-state index is 0.388. The van der Waals surface area contributed by atoms with E-state index in [0.29, 0.717) is 12.3 Å². The van der Waals surface area contributed by atoms with E-state index in [1.54, 1.807) is 0 Å². The molecule has 0 aromatic heterocycles. The zero-order valence-corrected chi connectivity index (χ0v) is 9.70. The summed E-state index contributed by atoms with van der Waals surface area (Å²) in [6.07, 6.45) is 6.15. The molecule has 2 N–H and O–H groups in total. The highest BCUT2D eigenvalue weighted by atomic mass is 16.4. The molecule has 0 heterocycles. The first-order valence-corrected chi connectivity index (χ1v) is 5.91. The lowest BCUT2D eigenvalue weighted by atomic mass is 9.76. The minimum atomic E-state index is -1.54.